The summed E-state index contributed by atoms with van der Waals surface area (Å²) in [5, 5.41) is 8.58. The highest BCUT2D eigenvalue weighted by molar-refractivity contribution is 6.30. The lowest BCUT2D eigenvalue weighted by Crippen LogP contribution is -2.14. The minimum atomic E-state index is -0.732. The van der Waals surface area contributed by atoms with Crippen LogP contribution in [0.5, 0.6) is 5.75 Å². The Balaban J connectivity index is 1.77. The van der Waals surface area contributed by atoms with Gasteiger partial charge in [-0.3, -0.25) is 0 Å². The van der Waals surface area contributed by atoms with Gasteiger partial charge in [0.15, 0.2) is 0 Å². The third-order valence-electron chi connectivity index (χ3n) is 3.96. The van der Waals surface area contributed by atoms with Crippen LogP contribution in [0.1, 0.15) is 31.4 Å². The van der Waals surface area contributed by atoms with Gasteiger partial charge in [-0.05, 0) is 42.8 Å². The lowest BCUT2D eigenvalue weighted by molar-refractivity contribution is 0.195. The molecule has 1 aromatic heterocycles. The molecule has 28 heavy (non-hydrogen) atoms. The van der Waals surface area contributed by atoms with Crippen molar-refractivity contribution in [1.82, 2.24) is 10.2 Å². The van der Waals surface area contributed by atoms with Crippen LogP contribution in [0, 0.1) is 0 Å². The van der Waals surface area contributed by atoms with Gasteiger partial charge in [0.05, 0.1) is 23.9 Å². The first kappa shape index (κ1) is 19.8. The van der Waals surface area contributed by atoms with Crippen LogP contribution in [0.2, 0.25) is 5.02 Å². The summed E-state index contributed by atoms with van der Waals surface area (Å²) in [5.41, 5.74) is 1.21. The zero-order chi connectivity index (χ0) is 19.8. The van der Waals surface area contributed by atoms with E-state index in [4.69, 9.17) is 21.1 Å². The second kappa shape index (κ2) is 9.80. The van der Waals surface area contributed by atoms with Crippen molar-refractivity contribution in [2.24, 2.45) is 4.99 Å². The lowest BCUT2D eigenvalue weighted by Gasteiger charge is -2.20. The van der Waals surface area contributed by atoms with Crippen molar-refractivity contribution in [1.29, 1.82) is 0 Å². The summed E-state index contributed by atoms with van der Waals surface area (Å²) in [6.07, 6.45) is 8.19. The van der Waals surface area contributed by atoms with Crippen LogP contribution in [0.25, 0.3) is 0 Å². The highest BCUT2D eigenvalue weighted by Gasteiger charge is 2.21. The molecule has 144 valence electrons. The second-order valence-electron chi connectivity index (χ2n) is 6.10. The van der Waals surface area contributed by atoms with Crippen molar-refractivity contribution < 1.29 is 14.3 Å². The lowest BCUT2D eigenvalue weighted by atomic mass is 9.96. The third kappa shape index (κ3) is 5.50. The molecule has 3 rings (SSSR count). The van der Waals surface area contributed by atoms with Gasteiger partial charge in [0.1, 0.15) is 11.5 Å². The Morgan fingerprint density at radius 1 is 1.29 bits per heavy atom. The number of aliphatic imine (C=N–C) groups is 1. The van der Waals surface area contributed by atoms with Crippen LogP contribution in [-0.2, 0) is 4.74 Å². The summed E-state index contributed by atoms with van der Waals surface area (Å²) in [6, 6.07) is 10.3. The van der Waals surface area contributed by atoms with Crippen molar-refractivity contribution >= 4 is 23.4 Å². The minimum absolute atomic E-state index is 0.173. The number of aromatic nitrogens is 2. The molecule has 6 nitrogen and oxygen atoms in total. The molecule has 1 aliphatic carbocycles. The zero-order valence-corrected chi connectivity index (χ0v) is 16.2. The normalized spacial score (nSPS) is 17.3. The van der Waals surface area contributed by atoms with E-state index in [1.807, 2.05) is 18.2 Å². The van der Waals surface area contributed by atoms with Gasteiger partial charge < -0.3 is 9.47 Å². The molecule has 0 spiro atoms. The Morgan fingerprint density at radius 3 is 2.93 bits per heavy atom. The summed E-state index contributed by atoms with van der Waals surface area (Å²) < 4.78 is 11.1. The molecule has 1 atom stereocenters. The molecule has 0 aliphatic heterocycles. The number of allylic oxidation sites excluding steroid dienone is 3. The van der Waals surface area contributed by atoms with Gasteiger partial charge in [0, 0.05) is 17.3 Å². The standard InChI is InChI=1S/C21H20ClN3O3/c1-2-3-12-27-20-14-16(9-10-18(20)19-8-5-11-23-25-19)24-21(26)28-17-7-4-6-15(22)13-17/h4-11,13-14,18H,2-3,12H2,1H3/b24-16+. The molecule has 1 amide bonds. The molecule has 0 N–H and O–H groups in total. The number of benzene rings is 1. The number of ether oxygens (including phenoxy) is 2. The van der Waals surface area contributed by atoms with Crippen molar-refractivity contribution in [2.45, 2.75) is 25.7 Å². The molecule has 0 radical (unpaired) electrons. The van der Waals surface area contributed by atoms with E-state index < -0.39 is 6.09 Å². The van der Waals surface area contributed by atoms with Crippen LogP contribution < -0.4 is 4.74 Å². The number of hydrogen-bond acceptors (Lipinski definition) is 5. The van der Waals surface area contributed by atoms with Gasteiger partial charge in [0.25, 0.3) is 0 Å². The van der Waals surface area contributed by atoms with Crippen molar-refractivity contribution in [2.75, 3.05) is 6.61 Å². The number of unbranched alkanes of at least 4 members (excludes halogenated alkanes) is 1. The molecule has 0 fully saturated rings. The Labute approximate surface area is 168 Å². The molecule has 7 heteroatoms. The molecular formula is C21H20ClN3O3. The van der Waals surface area contributed by atoms with Gasteiger partial charge in [-0.25, -0.2) is 4.79 Å². The SMILES string of the molecule is CCCCOC1=C/C(=N/C(=O)Oc2cccc(Cl)c2)C=CC1c1cccnn1. The van der Waals surface area contributed by atoms with Crippen LogP contribution >= 0.6 is 11.6 Å². The van der Waals surface area contributed by atoms with E-state index in [0.29, 0.717) is 28.8 Å². The summed E-state index contributed by atoms with van der Waals surface area (Å²) in [5.74, 6) is 0.835. The highest BCUT2D eigenvalue weighted by Crippen LogP contribution is 2.28. The topological polar surface area (TPSA) is 73.7 Å². The molecule has 0 saturated heterocycles. The monoisotopic (exact) mass is 397 g/mol. The minimum Gasteiger partial charge on any atom is -0.497 e. The van der Waals surface area contributed by atoms with E-state index in [1.165, 1.54) is 0 Å². The van der Waals surface area contributed by atoms with Gasteiger partial charge in [-0.2, -0.15) is 15.2 Å². The molecule has 1 aliphatic rings. The maximum Gasteiger partial charge on any atom is 0.439 e. The predicted molar refractivity (Wildman–Crippen MR) is 108 cm³/mol. The van der Waals surface area contributed by atoms with E-state index in [1.54, 1.807) is 42.6 Å². The van der Waals surface area contributed by atoms with Crippen molar-refractivity contribution in [3.63, 3.8) is 0 Å². The Hall–Kier alpha value is -2.99. The summed E-state index contributed by atoms with van der Waals surface area (Å²) >= 11 is 5.90. The Morgan fingerprint density at radius 2 is 2.18 bits per heavy atom. The molecule has 0 bridgehead atoms. The molecular weight excluding hydrogens is 378 g/mol. The number of hydrogen-bond donors (Lipinski definition) is 0. The first-order valence-corrected chi connectivity index (χ1v) is 9.39. The maximum atomic E-state index is 12.1. The van der Waals surface area contributed by atoms with E-state index in [-0.39, 0.29) is 5.92 Å². The van der Waals surface area contributed by atoms with Crippen LogP contribution in [-0.4, -0.2) is 28.6 Å². The molecule has 0 saturated carbocycles. The largest absolute Gasteiger partial charge is 0.497 e. The summed E-state index contributed by atoms with van der Waals surface area (Å²) in [6.45, 7) is 2.67. The zero-order valence-electron chi connectivity index (χ0n) is 15.4. The fourth-order valence-electron chi connectivity index (χ4n) is 2.59. The highest BCUT2D eigenvalue weighted by atomic mass is 35.5. The third-order valence-corrected chi connectivity index (χ3v) is 4.19. The molecule has 1 heterocycles. The Bertz CT molecular complexity index is 910. The van der Waals surface area contributed by atoms with E-state index >= 15 is 0 Å². The first-order chi connectivity index (χ1) is 13.7. The molecule has 1 aromatic carbocycles. The second-order valence-corrected chi connectivity index (χ2v) is 6.53. The van der Waals surface area contributed by atoms with E-state index in [0.717, 1.165) is 18.5 Å². The van der Waals surface area contributed by atoms with Crippen LogP contribution in [0.15, 0.2) is 71.6 Å². The average molecular weight is 398 g/mol. The average Bonchev–Trinajstić information content (AvgIpc) is 2.69. The van der Waals surface area contributed by atoms with Gasteiger partial charge >= 0.3 is 6.09 Å². The van der Waals surface area contributed by atoms with Crippen molar-refractivity contribution in [3.8, 4) is 5.75 Å². The molecule has 2 aromatic rings. The quantitative estimate of drug-likeness (QED) is 0.632. The van der Waals surface area contributed by atoms with Crippen molar-refractivity contribution in [3.05, 3.63) is 77.3 Å². The van der Waals surface area contributed by atoms with E-state index in [9.17, 15) is 4.79 Å². The van der Waals surface area contributed by atoms with E-state index in [2.05, 4.69) is 22.1 Å². The Kier molecular flexibility index (Phi) is 6.92. The number of halogens is 1. The fourth-order valence-corrected chi connectivity index (χ4v) is 2.77. The smallest absolute Gasteiger partial charge is 0.439 e. The summed E-state index contributed by atoms with van der Waals surface area (Å²) in [7, 11) is 0. The maximum absolute atomic E-state index is 12.1. The summed E-state index contributed by atoms with van der Waals surface area (Å²) in [4.78, 5) is 16.1. The van der Waals surface area contributed by atoms with Gasteiger partial charge in [0.2, 0.25) is 0 Å². The number of carbonyl (C=O) groups excluding carboxylic acids is 1. The van der Waals surface area contributed by atoms with Gasteiger partial charge in [-0.1, -0.05) is 37.1 Å². The molecule has 1 unspecified atom stereocenters. The van der Waals surface area contributed by atoms with Crippen LogP contribution in [0.4, 0.5) is 4.79 Å². The fraction of sp³-hybridized carbons (Fsp3) is 0.238. The number of rotatable bonds is 6. The first-order valence-electron chi connectivity index (χ1n) is 9.02. The number of nitrogens with zero attached hydrogens (tertiary/aromatic N) is 3. The van der Waals surface area contributed by atoms with Gasteiger partial charge in [-0.15, -0.1) is 0 Å². The predicted octanol–water partition coefficient (Wildman–Crippen LogP) is 5.12. The number of carbonyl (C=O) groups is 1. The number of amides is 1. The van der Waals surface area contributed by atoms with Crippen LogP contribution in [0.3, 0.4) is 0 Å².